The Morgan fingerprint density at radius 1 is 1.38 bits per heavy atom. The maximum absolute atomic E-state index is 13.3. The van der Waals surface area contributed by atoms with Gasteiger partial charge in [0.15, 0.2) is 17.2 Å². The second-order valence-electron chi connectivity index (χ2n) is 3.42. The summed E-state index contributed by atoms with van der Waals surface area (Å²) in [6.45, 7) is 0.892. The van der Waals surface area contributed by atoms with Crippen molar-refractivity contribution in [2.24, 2.45) is 0 Å². The normalized spacial score (nSPS) is 15.7. The molecular formula is C10H10BrF3O2. The number of methoxy groups -OCH3 is 1. The molecule has 6 heteroatoms. The van der Waals surface area contributed by atoms with E-state index in [1.54, 1.807) is 0 Å². The van der Waals surface area contributed by atoms with Gasteiger partial charge in [0.05, 0.1) is 7.11 Å². The van der Waals surface area contributed by atoms with Crippen LogP contribution in [0.3, 0.4) is 0 Å². The van der Waals surface area contributed by atoms with E-state index < -0.39 is 16.3 Å². The van der Waals surface area contributed by atoms with Crippen molar-refractivity contribution in [3.8, 4) is 5.75 Å². The second-order valence-corrected chi connectivity index (χ2v) is 4.42. The molecule has 0 saturated heterocycles. The SMILES string of the molecule is COc1ccc(C(C)(O)C(F)(F)Br)cc1F. The molecule has 1 aromatic carbocycles. The zero-order chi connectivity index (χ0) is 12.6. The quantitative estimate of drug-likeness (QED) is 0.869. The predicted octanol–water partition coefficient (Wildman–Crippen LogP) is 3.03. The average molecular weight is 299 g/mol. The molecule has 1 N–H and O–H groups in total. The van der Waals surface area contributed by atoms with Gasteiger partial charge in [0.2, 0.25) is 0 Å². The fourth-order valence-corrected chi connectivity index (χ4v) is 1.36. The summed E-state index contributed by atoms with van der Waals surface area (Å²) >= 11 is 2.06. The first kappa shape index (κ1) is 13.3. The molecule has 0 aliphatic rings. The van der Waals surface area contributed by atoms with Gasteiger partial charge in [-0.25, -0.2) is 4.39 Å². The van der Waals surface area contributed by atoms with E-state index in [1.807, 2.05) is 0 Å². The summed E-state index contributed by atoms with van der Waals surface area (Å²) in [5.74, 6) is -0.880. The molecule has 2 nitrogen and oxygen atoms in total. The molecule has 90 valence electrons. The number of alkyl halides is 3. The monoisotopic (exact) mass is 298 g/mol. The van der Waals surface area contributed by atoms with Gasteiger partial charge in [-0.1, -0.05) is 6.07 Å². The highest BCUT2D eigenvalue weighted by Crippen LogP contribution is 2.42. The molecule has 0 saturated carbocycles. The number of rotatable bonds is 3. The predicted molar refractivity (Wildman–Crippen MR) is 56.4 cm³/mol. The molecule has 1 unspecified atom stereocenters. The largest absolute Gasteiger partial charge is 0.494 e. The van der Waals surface area contributed by atoms with Crippen LogP contribution in [0.2, 0.25) is 0 Å². The van der Waals surface area contributed by atoms with Crippen LogP contribution in [-0.4, -0.2) is 17.0 Å². The lowest BCUT2D eigenvalue weighted by Crippen LogP contribution is -2.37. The first-order valence-electron chi connectivity index (χ1n) is 4.33. The standard InChI is InChI=1S/C10H10BrF3O2/c1-9(15,10(11,13)14)6-3-4-8(16-2)7(12)5-6/h3-5,15H,1-2H3. The smallest absolute Gasteiger partial charge is 0.333 e. The van der Waals surface area contributed by atoms with Crippen LogP contribution in [-0.2, 0) is 5.60 Å². The number of hydrogen-bond acceptors (Lipinski definition) is 2. The van der Waals surface area contributed by atoms with E-state index in [9.17, 15) is 18.3 Å². The maximum Gasteiger partial charge on any atom is 0.333 e. The van der Waals surface area contributed by atoms with Gasteiger partial charge in [0.1, 0.15) is 0 Å². The van der Waals surface area contributed by atoms with Gasteiger partial charge in [-0.2, -0.15) is 8.78 Å². The number of hydrogen-bond donors (Lipinski definition) is 1. The van der Waals surface area contributed by atoms with Gasteiger partial charge in [-0.15, -0.1) is 0 Å². The summed E-state index contributed by atoms with van der Waals surface area (Å²) in [6.07, 6.45) is 0. The summed E-state index contributed by atoms with van der Waals surface area (Å²) in [5.41, 5.74) is -2.74. The molecule has 1 rings (SSSR count). The van der Waals surface area contributed by atoms with Gasteiger partial charge in [-0.05, 0) is 40.5 Å². The highest BCUT2D eigenvalue weighted by molar-refractivity contribution is 9.10. The van der Waals surface area contributed by atoms with Crippen molar-refractivity contribution in [1.82, 2.24) is 0 Å². The molecule has 0 aliphatic carbocycles. The summed E-state index contributed by atoms with van der Waals surface area (Å²) in [5, 5.41) is 9.61. The first-order chi connectivity index (χ1) is 7.20. The van der Waals surface area contributed by atoms with Crippen LogP contribution in [0.25, 0.3) is 0 Å². The number of halogens is 4. The minimum Gasteiger partial charge on any atom is -0.494 e. The summed E-state index contributed by atoms with van der Waals surface area (Å²) in [4.78, 5) is -3.55. The lowest BCUT2D eigenvalue weighted by atomic mass is 9.96. The van der Waals surface area contributed by atoms with Crippen molar-refractivity contribution in [2.75, 3.05) is 7.11 Å². The van der Waals surface area contributed by atoms with E-state index in [1.165, 1.54) is 19.2 Å². The molecule has 16 heavy (non-hydrogen) atoms. The lowest BCUT2D eigenvalue weighted by molar-refractivity contribution is -0.109. The van der Waals surface area contributed by atoms with Crippen molar-refractivity contribution in [2.45, 2.75) is 17.4 Å². The van der Waals surface area contributed by atoms with Gasteiger partial charge < -0.3 is 9.84 Å². The van der Waals surface area contributed by atoms with E-state index in [2.05, 4.69) is 20.7 Å². The molecule has 1 aromatic rings. The van der Waals surface area contributed by atoms with Crippen LogP contribution in [0, 0.1) is 5.82 Å². The Morgan fingerprint density at radius 3 is 2.31 bits per heavy atom. The third kappa shape index (κ3) is 2.32. The maximum atomic E-state index is 13.3. The highest BCUT2D eigenvalue weighted by Gasteiger charge is 2.48. The number of aliphatic hydroxyl groups is 1. The van der Waals surface area contributed by atoms with Crippen LogP contribution in [0.4, 0.5) is 13.2 Å². The Bertz CT molecular complexity index is 388. The zero-order valence-electron chi connectivity index (χ0n) is 8.60. The molecule has 1 atom stereocenters. The topological polar surface area (TPSA) is 29.5 Å². The number of benzene rings is 1. The van der Waals surface area contributed by atoms with E-state index in [0.717, 1.165) is 13.0 Å². The van der Waals surface area contributed by atoms with Crippen molar-refractivity contribution in [1.29, 1.82) is 0 Å². The third-order valence-corrected chi connectivity index (χ3v) is 3.04. The molecule has 0 fully saturated rings. The molecule has 0 radical (unpaired) electrons. The van der Waals surface area contributed by atoms with Gasteiger partial charge in [0, 0.05) is 0 Å². The fraction of sp³-hybridized carbons (Fsp3) is 0.400. The van der Waals surface area contributed by atoms with E-state index in [4.69, 9.17) is 0 Å². The minimum atomic E-state index is -3.55. The molecular weight excluding hydrogens is 289 g/mol. The van der Waals surface area contributed by atoms with Crippen LogP contribution < -0.4 is 4.74 Å². The summed E-state index contributed by atoms with van der Waals surface area (Å²) < 4.78 is 43.9. The highest BCUT2D eigenvalue weighted by atomic mass is 79.9. The van der Waals surface area contributed by atoms with E-state index >= 15 is 0 Å². The third-order valence-electron chi connectivity index (χ3n) is 2.27. The molecule has 0 heterocycles. The van der Waals surface area contributed by atoms with Crippen LogP contribution >= 0.6 is 15.9 Å². The molecule has 0 amide bonds. The Kier molecular flexibility index (Phi) is 3.54. The summed E-state index contributed by atoms with van der Waals surface area (Å²) in [6, 6.07) is 3.17. The second kappa shape index (κ2) is 4.25. The Balaban J connectivity index is 3.20. The van der Waals surface area contributed by atoms with Crippen LogP contribution in [0.15, 0.2) is 18.2 Å². The van der Waals surface area contributed by atoms with Crippen LogP contribution in [0.1, 0.15) is 12.5 Å². The van der Waals surface area contributed by atoms with Crippen molar-refractivity contribution < 1.29 is 23.0 Å². The molecule has 0 spiro atoms. The van der Waals surface area contributed by atoms with Crippen LogP contribution in [0.5, 0.6) is 5.75 Å². The first-order valence-corrected chi connectivity index (χ1v) is 5.12. The molecule has 0 bridgehead atoms. The van der Waals surface area contributed by atoms with Crippen molar-refractivity contribution in [3.63, 3.8) is 0 Å². The minimum absolute atomic E-state index is 0.0718. The van der Waals surface area contributed by atoms with Gasteiger partial charge >= 0.3 is 4.83 Å². The van der Waals surface area contributed by atoms with E-state index in [0.29, 0.717) is 0 Å². The Labute approximate surface area is 99.2 Å². The Hall–Kier alpha value is -0.750. The van der Waals surface area contributed by atoms with Gasteiger partial charge in [0.25, 0.3) is 0 Å². The zero-order valence-corrected chi connectivity index (χ0v) is 10.2. The number of ether oxygens (including phenoxy) is 1. The Morgan fingerprint density at radius 2 is 1.94 bits per heavy atom. The van der Waals surface area contributed by atoms with Crippen molar-refractivity contribution in [3.05, 3.63) is 29.6 Å². The molecule has 0 aliphatic heterocycles. The summed E-state index contributed by atoms with van der Waals surface area (Å²) in [7, 11) is 1.26. The fourth-order valence-electron chi connectivity index (χ4n) is 1.13. The average Bonchev–Trinajstić information content (AvgIpc) is 2.15. The van der Waals surface area contributed by atoms with Gasteiger partial charge in [-0.3, -0.25) is 0 Å². The van der Waals surface area contributed by atoms with E-state index in [-0.39, 0.29) is 11.3 Å². The lowest BCUT2D eigenvalue weighted by Gasteiger charge is -2.28. The molecule has 0 aromatic heterocycles. The van der Waals surface area contributed by atoms with Crippen molar-refractivity contribution >= 4 is 15.9 Å².